The van der Waals surface area contributed by atoms with E-state index in [1.165, 1.54) is 0 Å². The predicted octanol–water partition coefficient (Wildman–Crippen LogP) is 1.46. The Hall–Kier alpha value is -1.69. The van der Waals surface area contributed by atoms with E-state index in [1.807, 2.05) is 24.3 Å². The van der Waals surface area contributed by atoms with Crippen molar-refractivity contribution in [2.24, 2.45) is 0 Å². The Morgan fingerprint density at radius 1 is 1.33 bits per heavy atom. The zero-order valence-corrected chi connectivity index (χ0v) is 8.78. The number of benzene rings is 1. The summed E-state index contributed by atoms with van der Waals surface area (Å²) in [5.74, 6) is 0. The molecule has 1 heterocycles. The molecule has 6 heteroatoms. The molecule has 1 amide bonds. The third-order valence-electron chi connectivity index (χ3n) is 1.82. The maximum Gasteiger partial charge on any atom is 0.285 e. The van der Waals surface area contributed by atoms with Crippen LogP contribution < -0.4 is 5.32 Å². The van der Waals surface area contributed by atoms with Crippen molar-refractivity contribution in [3.63, 3.8) is 0 Å². The van der Waals surface area contributed by atoms with Crippen LogP contribution in [0.25, 0.3) is 10.9 Å². The third kappa shape index (κ3) is 2.04. The maximum absolute atomic E-state index is 11.2. The van der Waals surface area contributed by atoms with Gasteiger partial charge in [-0.15, -0.1) is 10.2 Å². The van der Waals surface area contributed by atoms with Crippen LogP contribution in [-0.2, 0) is 0 Å². The van der Waals surface area contributed by atoms with Crippen molar-refractivity contribution in [2.45, 2.75) is 5.03 Å². The van der Waals surface area contributed by atoms with Gasteiger partial charge in [0.15, 0.2) is 0 Å². The van der Waals surface area contributed by atoms with Gasteiger partial charge in [0.25, 0.3) is 5.24 Å². The third-order valence-corrected chi connectivity index (χ3v) is 2.70. The van der Waals surface area contributed by atoms with E-state index in [9.17, 15) is 4.79 Å². The number of thioether (sulfide) groups is 1. The molecule has 2 aromatic rings. The molecule has 0 atom stereocenters. The van der Waals surface area contributed by atoms with Gasteiger partial charge in [-0.05, 0) is 29.1 Å². The number of amides is 1. The van der Waals surface area contributed by atoms with Gasteiger partial charge in [0.2, 0.25) is 0 Å². The molecular weight excluding hydrogens is 212 g/mol. The molecule has 2 rings (SSSR count). The van der Waals surface area contributed by atoms with E-state index in [4.69, 9.17) is 0 Å². The van der Waals surface area contributed by atoms with Gasteiger partial charge < -0.3 is 5.32 Å². The van der Waals surface area contributed by atoms with Gasteiger partial charge in [0, 0.05) is 12.4 Å². The number of hydrogen-bond acceptors (Lipinski definition) is 5. The Labute approximate surface area is 90.3 Å². The van der Waals surface area contributed by atoms with Crippen molar-refractivity contribution < 1.29 is 4.79 Å². The molecule has 0 radical (unpaired) electrons. The highest BCUT2D eigenvalue weighted by molar-refractivity contribution is 8.13. The molecule has 0 aliphatic heterocycles. The first-order valence-corrected chi connectivity index (χ1v) is 5.10. The first-order valence-electron chi connectivity index (χ1n) is 4.29. The maximum atomic E-state index is 11.2. The van der Waals surface area contributed by atoms with E-state index in [0.29, 0.717) is 5.03 Å². The van der Waals surface area contributed by atoms with E-state index in [2.05, 4.69) is 20.7 Å². The summed E-state index contributed by atoms with van der Waals surface area (Å²) in [7, 11) is 1.58. The largest absolute Gasteiger partial charge is 0.350 e. The molecule has 0 bridgehead atoms. The van der Waals surface area contributed by atoms with Crippen LogP contribution in [0.3, 0.4) is 0 Å². The van der Waals surface area contributed by atoms with Crippen LogP contribution in [-0.4, -0.2) is 27.7 Å². The Kier molecular flexibility index (Phi) is 2.77. The highest BCUT2D eigenvalue weighted by Gasteiger charge is 2.08. The number of carbonyl (C=O) groups is 1. The average Bonchev–Trinajstić information content (AvgIpc) is 2.29. The molecule has 15 heavy (non-hydrogen) atoms. The monoisotopic (exact) mass is 220 g/mol. The normalized spacial score (nSPS) is 10.2. The minimum absolute atomic E-state index is 0.166. The second kappa shape index (κ2) is 4.22. The second-order valence-corrected chi connectivity index (χ2v) is 3.71. The summed E-state index contributed by atoms with van der Waals surface area (Å²) < 4.78 is 0. The van der Waals surface area contributed by atoms with E-state index in [-0.39, 0.29) is 5.24 Å². The molecular formula is C9H8N4OS. The molecule has 0 aliphatic rings. The second-order valence-electron chi connectivity index (χ2n) is 2.75. The number of aromatic nitrogens is 3. The lowest BCUT2D eigenvalue weighted by Crippen LogP contribution is -2.11. The number of nitrogens with one attached hydrogen (secondary N) is 1. The number of carbonyl (C=O) groups excluding carboxylic acids is 1. The summed E-state index contributed by atoms with van der Waals surface area (Å²) >= 11 is 1.01. The van der Waals surface area contributed by atoms with Crippen LogP contribution in [0.2, 0.25) is 0 Å². The van der Waals surface area contributed by atoms with Crippen LogP contribution >= 0.6 is 11.8 Å². The molecule has 5 nitrogen and oxygen atoms in total. The number of fused-ring (bicyclic) bond motifs is 1. The van der Waals surface area contributed by atoms with Gasteiger partial charge in [-0.1, -0.05) is 12.1 Å². The summed E-state index contributed by atoms with van der Waals surface area (Å²) in [6.07, 6.45) is 0. The summed E-state index contributed by atoms with van der Waals surface area (Å²) in [4.78, 5) is 11.2. The van der Waals surface area contributed by atoms with Crippen molar-refractivity contribution in [2.75, 3.05) is 7.05 Å². The van der Waals surface area contributed by atoms with Gasteiger partial charge in [0.1, 0.15) is 5.03 Å². The lowest BCUT2D eigenvalue weighted by atomic mass is 10.2. The fourth-order valence-corrected chi connectivity index (χ4v) is 1.76. The number of hydrogen-bond donors (Lipinski definition) is 1. The number of rotatable bonds is 1. The van der Waals surface area contributed by atoms with Gasteiger partial charge in [-0.25, -0.2) is 0 Å². The van der Waals surface area contributed by atoms with Gasteiger partial charge in [-0.3, -0.25) is 4.79 Å². The van der Waals surface area contributed by atoms with Gasteiger partial charge in [-0.2, -0.15) is 0 Å². The van der Waals surface area contributed by atoms with Crippen molar-refractivity contribution >= 4 is 27.9 Å². The van der Waals surface area contributed by atoms with E-state index >= 15 is 0 Å². The van der Waals surface area contributed by atoms with Crippen molar-refractivity contribution in [3.05, 3.63) is 24.3 Å². The zero-order chi connectivity index (χ0) is 10.7. The van der Waals surface area contributed by atoms with Crippen molar-refractivity contribution in [3.8, 4) is 0 Å². The summed E-state index contributed by atoms with van der Waals surface area (Å²) in [6.45, 7) is 0. The quantitative estimate of drug-likeness (QED) is 0.737. The average molecular weight is 220 g/mol. The van der Waals surface area contributed by atoms with Crippen molar-refractivity contribution in [1.82, 2.24) is 20.7 Å². The molecule has 0 saturated carbocycles. The molecule has 0 fully saturated rings. The Morgan fingerprint density at radius 3 is 2.93 bits per heavy atom. The summed E-state index contributed by atoms with van der Waals surface area (Å²) in [5, 5.41) is 15.1. The molecule has 76 valence electrons. The molecule has 1 aromatic heterocycles. The molecule has 1 N–H and O–H groups in total. The number of nitrogens with zero attached hydrogens (tertiary/aromatic N) is 3. The Balaban J connectivity index is 2.46. The lowest BCUT2D eigenvalue weighted by molar-refractivity contribution is 0.262. The van der Waals surface area contributed by atoms with Crippen LogP contribution in [0.5, 0.6) is 0 Å². The van der Waals surface area contributed by atoms with E-state index < -0.39 is 0 Å². The smallest absolute Gasteiger partial charge is 0.285 e. The van der Waals surface area contributed by atoms with Crippen molar-refractivity contribution in [1.29, 1.82) is 0 Å². The SMILES string of the molecule is CNC(=O)Sc1nnnc2ccccc12. The molecule has 1 aromatic carbocycles. The topological polar surface area (TPSA) is 67.8 Å². The minimum atomic E-state index is -0.166. The lowest BCUT2D eigenvalue weighted by Gasteiger charge is -2.01. The Bertz CT molecular complexity index is 497. The first-order chi connectivity index (χ1) is 7.31. The minimum Gasteiger partial charge on any atom is -0.350 e. The van der Waals surface area contributed by atoms with Crippen LogP contribution in [0.4, 0.5) is 4.79 Å². The van der Waals surface area contributed by atoms with Crippen LogP contribution in [0, 0.1) is 0 Å². The fraction of sp³-hybridized carbons (Fsp3) is 0.111. The Morgan fingerprint density at radius 2 is 2.13 bits per heavy atom. The van der Waals surface area contributed by atoms with Gasteiger partial charge in [0.05, 0.1) is 5.52 Å². The molecule has 0 spiro atoms. The highest BCUT2D eigenvalue weighted by Crippen LogP contribution is 2.23. The molecule has 0 aliphatic carbocycles. The standard InChI is InChI=1S/C9H8N4OS/c1-10-9(14)15-8-6-4-2-3-5-7(6)11-13-12-8/h2-5H,1H3,(H,10,14). The summed E-state index contributed by atoms with van der Waals surface area (Å²) in [6, 6.07) is 7.44. The highest BCUT2D eigenvalue weighted by atomic mass is 32.2. The van der Waals surface area contributed by atoms with E-state index in [0.717, 1.165) is 22.7 Å². The fourth-order valence-electron chi connectivity index (χ4n) is 1.12. The molecule has 0 unspecified atom stereocenters. The van der Waals surface area contributed by atoms with Gasteiger partial charge >= 0.3 is 0 Å². The first kappa shape index (κ1) is 9.85. The summed E-state index contributed by atoms with van der Waals surface area (Å²) in [5.41, 5.74) is 0.735. The van der Waals surface area contributed by atoms with E-state index in [1.54, 1.807) is 7.05 Å². The zero-order valence-electron chi connectivity index (χ0n) is 7.97. The predicted molar refractivity (Wildman–Crippen MR) is 57.6 cm³/mol. The van der Waals surface area contributed by atoms with Crippen LogP contribution in [0.15, 0.2) is 29.3 Å². The molecule has 0 saturated heterocycles. The van der Waals surface area contributed by atoms with Crippen LogP contribution in [0.1, 0.15) is 0 Å².